The summed E-state index contributed by atoms with van der Waals surface area (Å²) in [4.78, 5) is 5.45. The van der Waals surface area contributed by atoms with E-state index in [1.165, 1.54) is 0 Å². The Morgan fingerprint density at radius 2 is 2.29 bits per heavy atom. The van der Waals surface area contributed by atoms with Gasteiger partial charge in [-0.1, -0.05) is 6.07 Å². The van der Waals surface area contributed by atoms with Crippen molar-refractivity contribution in [1.29, 1.82) is 0 Å². The normalized spacial score (nSPS) is 19.7. The van der Waals surface area contributed by atoms with E-state index in [-0.39, 0.29) is 5.60 Å². The average molecular weight is 305 g/mol. The highest BCUT2D eigenvalue weighted by Crippen LogP contribution is 2.44. The first-order chi connectivity index (χ1) is 9.94. The van der Waals surface area contributed by atoms with Crippen molar-refractivity contribution in [3.63, 3.8) is 0 Å². The highest BCUT2D eigenvalue weighted by molar-refractivity contribution is 7.11. The van der Waals surface area contributed by atoms with E-state index < -0.39 is 6.10 Å². The van der Waals surface area contributed by atoms with E-state index in [2.05, 4.69) is 4.98 Å². The molecule has 0 radical (unpaired) electrons. The van der Waals surface area contributed by atoms with Crippen molar-refractivity contribution in [2.75, 3.05) is 0 Å². The van der Waals surface area contributed by atoms with Crippen molar-refractivity contribution < 1.29 is 14.6 Å². The number of benzene rings is 1. The zero-order valence-corrected chi connectivity index (χ0v) is 13.2. The van der Waals surface area contributed by atoms with Gasteiger partial charge in [-0.05, 0) is 32.9 Å². The van der Waals surface area contributed by atoms with Gasteiger partial charge in [-0.2, -0.15) is 0 Å². The van der Waals surface area contributed by atoms with Crippen LogP contribution in [0.1, 0.15) is 41.8 Å². The maximum Gasteiger partial charge on any atom is 0.140 e. The zero-order valence-electron chi connectivity index (χ0n) is 12.4. The largest absolute Gasteiger partial charge is 0.487 e. The topological polar surface area (TPSA) is 51.6 Å². The standard InChI is InChI=1S/C16H19NO3S/c1-10-8-17-14(21-10)9-19-12-5-4-6-13-15(12)11(18)7-16(2,3)20-13/h4-6,8,11,18H,7,9H2,1-3H3. The lowest BCUT2D eigenvalue weighted by Crippen LogP contribution is -2.35. The summed E-state index contributed by atoms with van der Waals surface area (Å²) in [6, 6.07) is 5.62. The summed E-state index contributed by atoms with van der Waals surface area (Å²) in [6.07, 6.45) is 1.82. The molecule has 3 rings (SSSR count). The molecule has 0 amide bonds. The number of hydrogen-bond acceptors (Lipinski definition) is 5. The van der Waals surface area contributed by atoms with Gasteiger partial charge in [-0.3, -0.25) is 0 Å². The van der Waals surface area contributed by atoms with Gasteiger partial charge >= 0.3 is 0 Å². The van der Waals surface area contributed by atoms with E-state index in [0.29, 0.717) is 24.5 Å². The third-order valence-corrected chi connectivity index (χ3v) is 4.34. The van der Waals surface area contributed by atoms with Crippen LogP contribution in [0.4, 0.5) is 0 Å². The van der Waals surface area contributed by atoms with E-state index >= 15 is 0 Å². The number of ether oxygens (including phenoxy) is 2. The summed E-state index contributed by atoms with van der Waals surface area (Å²) in [5.41, 5.74) is 0.377. The molecule has 0 fully saturated rings. The Morgan fingerprint density at radius 1 is 1.48 bits per heavy atom. The van der Waals surface area contributed by atoms with Gasteiger partial charge in [0.1, 0.15) is 28.7 Å². The third kappa shape index (κ3) is 3.04. The molecule has 1 N–H and O–H groups in total. The lowest BCUT2D eigenvalue weighted by Gasteiger charge is -2.36. The van der Waals surface area contributed by atoms with Gasteiger partial charge in [0.2, 0.25) is 0 Å². The number of aliphatic hydroxyl groups excluding tert-OH is 1. The predicted molar refractivity (Wildman–Crippen MR) is 81.9 cm³/mol. The van der Waals surface area contributed by atoms with Crippen LogP contribution >= 0.6 is 11.3 Å². The van der Waals surface area contributed by atoms with Crippen molar-refractivity contribution in [1.82, 2.24) is 4.98 Å². The van der Waals surface area contributed by atoms with Crippen molar-refractivity contribution in [3.05, 3.63) is 39.8 Å². The SMILES string of the molecule is Cc1cnc(COc2cccc3c2C(O)CC(C)(C)O3)s1. The molecule has 5 heteroatoms. The van der Waals surface area contributed by atoms with Crippen LogP contribution in [-0.4, -0.2) is 15.7 Å². The molecular weight excluding hydrogens is 286 g/mol. The Kier molecular flexibility index (Phi) is 3.63. The van der Waals surface area contributed by atoms with Gasteiger partial charge < -0.3 is 14.6 Å². The predicted octanol–water partition coefficient (Wildman–Crippen LogP) is 3.63. The smallest absolute Gasteiger partial charge is 0.140 e. The highest BCUT2D eigenvalue weighted by atomic mass is 32.1. The monoisotopic (exact) mass is 305 g/mol. The number of aryl methyl sites for hydroxylation is 1. The molecule has 1 aliphatic rings. The zero-order chi connectivity index (χ0) is 15.0. The summed E-state index contributed by atoms with van der Waals surface area (Å²) < 4.78 is 11.8. The molecule has 1 atom stereocenters. The molecule has 112 valence electrons. The van der Waals surface area contributed by atoms with Crippen LogP contribution in [0.15, 0.2) is 24.4 Å². The molecule has 4 nitrogen and oxygen atoms in total. The quantitative estimate of drug-likeness (QED) is 0.941. The van der Waals surface area contributed by atoms with Gasteiger partial charge in [-0.15, -0.1) is 11.3 Å². The number of rotatable bonds is 3. The molecule has 21 heavy (non-hydrogen) atoms. The Labute approximate surface area is 128 Å². The first-order valence-corrected chi connectivity index (χ1v) is 7.80. The lowest BCUT2D eigenvalue weighted by molar-refractivity contribution is 0.00949. The molecule has 0 saturated heterocycles. The molecule has 2 aromatic rings. The minimum atomic E-state index is -0.571. The van der Waals surface area contributed by atoms with Gasteiger partial charge in [0.15, 0.2) is 0 Å². The van der Waals surface area contributed by atoms with Crippen LogP contribution in [0, 0.1) is 6.92 Å². The van der Waals surface area contributed by atoms with Crippen molar-refractivity contribution in [3.8, 4) is 11.5 Å². The summed E-state index contributed by atoms with van der Waals surface area (Å²) >= 11 is 1.62. The van der Waals surface area contributed by atoms with Crippen LogP contribution < -0.4 is 9.47 Å². The summed E-state index contributed by atoms with van der Waals surface area (Å²) in [5, 5.41) is 11.3. The number of nitrogens with zero attached hydrogens (tertiary/aromatic N) is 1. The van der Waals surface area contributed by atoms with Gasteiger partial charge in [0, 0.05) is 17.5 Å². The number of aliphatic hydroxyl groups is 1. The van der Waals surface area contributed by atoms with E-state index in [9.17, 15) is 5.11 Å². The second kappa shape index (κ2) is 5.31. The Hall–Kier alpha value is -1.59. The molecule has 1 unspecified atom stereocenters. The van der Waals surface area contributed by atoms with E-state index in [4.69, 9.17) is 9.47 Å². The Morgan fingerprint density at radius 3 is 3.00 bits per heavy atom. The molecule has 1 aliphatic heterocycles. The van der Waals surface area contributed by atoms with E-state index in [1.54, 1.807) is 11.3 Å². The molecule has 1 aromatic carbocycles. The molecule has 0 spiro atoms. The minimum absolute atomic E-state index is 0.364. The Bertz CT molecular complexity index is 651. The fraction of sp³-hybridized carbons (Fsp3) is 0.438. The molecule has 0 aliphatic carbocycles. The highest BCUT2D eigenvalue weighted by Gasteiger charge is 2.34. The maximum absolute atomic E-state index is 10.4. The van der Waals surface area contributed by atoms with Crippen molar-refractivity contribution in [2.45, 2.75) is 45.5 Å². The molecule has 0 saturated carbocycles. The van der Waals surface area contributed by atoms with Crippen molar-refractivity contribution >= 4 is 11.3 Å². The van der Waals surface area contributed by atoms with Crippen molar-refractivity contribution in [2.24, 2.45) is 0 Å². The van der Waals surface area contributed by atoms with Gasteiger partial charge in [-0.25, -0.2) is 4.98 Å². The van der Waals surface area contributed by atoms with Crippen LogP contribution in [-0.2, 0) is 6.61 Å². The first-order valence-electron chi connectivity index (χ1n) is 6.99. The van der Waals surface area contributed by atoms with Gasteiger partial charge in [0.05, 0.1) is 11.7 Å². The Balaban J connectivity index is 1.84. The maximum atomic E-state index is 10.4. The van der Waals surface area contributed by atoms with Crippen LogP contribution in [0.2, 0.25) is 0 Å². The fourth-order valence-corrected chi connectivity index (χ4v) is 3.28. The summed E-state index contributed by atoms with van der Waals surface area (Å²) in [7, 11) is 0. The van der Waals surface area contributed by atoms with Crippen LogP contribution in [0.3, 0.4) is 0 Å². The number of hydrogen-bond donors (Lipinski definition) is 1. The van der Waals surface area contributed by atoms with Crippen LogP contribution in [0.5, 0.6) is 11.5 Å². The van der Waals surface area contributed by atoms with E-state index in [1.807, 2.05) is 45.2 Å². The number of thiazole rings is 1. The first kappa shape index (κ1) is 14.4. The molecule has 2 heterocycles. The third-order valence-electron chi connectivity index (χ3n) is 3.45. The second-order valence-corrected chi connectivity index (χ2v) is 7.22. The molecule has 0 bridgehead atoms. The average Bonchev–Trinajstić information content (AvgIpc) is 2.80. The summed E-state index contributed by atoms with van der Waals surface area (Å²) in [6.45, 7) is 6.38. The van der Waals surface area contributed by atoms with E-state index in [0.717, 1.165) is 15.4 Å². The number of fused-ring (bicyclic) bond motifs is 1. The molecule has 1 aromatic heterocycles. The second-order valence-electron chi connectivity index (χ2n) is 5.90. The fourth-order valence-electron chi connectivity index (χ4n) is 2.58. The lowest BCUT2D eigenvalue weighted by atomic mass is 9.91. The van der Waals surface area contributed by atoms with Gasteiger partial charge in [0.25, 0.3) is 0 Å². The van der Waals surface area contributed by atoms with Crippen LogP contribution in [0.25, 0.3) is 0 Å². The summed E-state index contributed by atoms with van der Waals surface area (Å²) in [5.74, 6) is 1.37. The number of aromatic nitrogens is 1. The minimum Gasteiger partial charge on any atom is -0.487 e. The molecular formula is C16H19NO3S.